The summed E-state index contributed by atoms with van der Waals surface area (Å²) in [5.74, 6) is -1.31. The van der Waals surface area contributed by atoms with E-state index in [1.165, 1.54) is 12.3 Å². The number of hydrogen-bond donors (Lipinski definition) is 2. The van der Waals surface area contributed by atoms with Crippen LogP contribution in [0.25, 0.3) is 6.08 Å². The van der Waals surface area contributed by atoms with Crippen molar-refractivity contribution in [3.63, 3.8) is 0 Å². The third-order valence-electron chi connectivity index (χ3n) is 2.28. The van der Waals surface area contributed by atoms with Gasteiger partial charge in [0, 0.05) is 6.08 Å². The maximum atomic E-state index is 11.6. The molecule has 3 amide bonds. The Morgan fingerprint density at radius 1 is 1.40 bits per heavy atom. The molecule has 0 unspecified atom stereocenters. The summed E-state index contributed by atoms with van der Waals surface area (Å²) in [4.78, 5) is 33.9. The van der Waals surface area contributed by atoms with Crippen LogP contribution in [0, 0.1) is 5.92 Å². The molecule has 0 aliphatic carbocycles. The molecule has 0 radical (unpaired) electrons. The van der Waals surface area contributed by atoms with E-state index in [0.29, 0.717) is 5.76 Å². The number of urea groups is 1. The first-order chi connectivity index (χ1) is 9.40. The Kier molecular flexibility index (Phi) is 5.52. The van der Waals surface area contributed by atoms with E-state index in [9.17, 15) is 14.4 Å². The lowest BCUT2D eigenvalue weighted by atomic mass is 10.1. The molecular formula is C13H16N2O5. The van der Waals surface area contributed by atoms with Gasteiger partial charge in [-0.25, -0.2) is 9.59 Å². The summed E-state index contributed by atoms with van der Waals surface area (Å²) >= 11 is 0. The number of imide groups is 1. The van der Waals surface area contributed by atoms with Gasteiger partial charge in [-0.2, -0.15) is 0 Å². The highest BCUT2D eigenvalue weighted by Crippen LogP contribution is 2.09. The monoisotopic (exact) mass is 280 g/mol. The topological polar surface area (TPSA) is 112 Å². The second-order valence-corrected chi connectivity index (χ2v) is 4.30. The first kappa shape index (κ1) is 15.5. The zero-order valence-corrected chi connectivity index (χ0v) is 11.2. The fourth-order valence-corrected chi connectivity index (χ4v) is 1.39. The lowest BCUT2D eigenvalue weighted by molar-refractivity contribution is -0.153. The number of amides is 3. The molecule has 0 aromatic carbocycles. The minimum absolute atomic E-state index is 0.310. The second-order valence-electron chi connectivity index (χ2n) is 4.30. The van der Waals surface area contributed by atoms with Crippen molar-refractivity contribution < 1.29 is 23.5 Å². The van der Waals surface area contributed by atoms with Gasteiger partial charge in [0.25, 0.3) is 5.91 Å². The summed E-state index contributed by atoms with van der Waals surface area (Å²) in [7, 11) is 0. The number of nitrogens with two attached hydrogens (primary N) is 1. The summed E-state index contributed by atoms with van der Waals surface area (Å²) in [6.07, 6.45) is 2.90. The fraction of sp³-hybridized carbons (Fsp3) is 0.308. The number of ether oxygens (including phenoxy) is 1. The minimum Gasteiger partial charge on any atom is -0.465 e. The molecule has 1 heterocycles. The van der Waals surface area contributed by atoms with Crippen LogP contribution in [0.15, 0.2) is 28.9 Å². The SMILES string of the molecule is CC(C)[C@@H](OC(=O)/C=C/c1ccco1)C(=O)NC(N)=O. The number of esters is 1. The van der Waals surface area contributed by atoms with Crippen LogP contribution in [0.5, 0.6) is 0 Å². The summed E-state index contributed by atoms with van der Waals surface area (Å²) < 4.78 is 9.99. The highest BCUT2D eigenvalue weighted by molar-refractivity contribution is 5.97. The van der Waals surface area contributed by atoms with Crippen LogP contribution >= 0.6 is 0 Å². The quantitative estimate of drug-likeness (QED) is 0.618. The minimum atomic E-state index is -1.10. The predicted octanol–water partition coefficient (Wildman–Crippen LogP) is 1.06. The molecule has 1 aromatic heterocycles. The zero-order valence-electron chi connectivity index (χ0n) is 11.2. The van der Waals surface area contributed by atoms with Gasteiger partial charge in [-0.05, 0) is 24.1 Å². The lowest BCUT2D eigenvalue weighted by Gasteiger charge is -2.18. The summed E-state index contributed by atoms with van der Waals surface area (Å²) in [5, 5.41) is 1.88. The summed E-state index contributed by atoms with van der Waals surface area (Å²) in [6, 6.07) is 2.33. The largest absolute Gasteiger partial charge is 0.465 e. The molecule has 0 spiro atoms. The predicted molar refractivity (Wildman–Crippen MR) is 70.2 cm³/mol. The van der Waals surface area contributed by atoms with Gasteiger partial charge in [0.15, 0.2) is 6.10 Å². The van der Waals surface area contributed by atoms with Crippen molar-refractivity contribution >= 4 is 24.0 Å². The van der Waals surface area contributed by atoms with Crippen LogP contribution in [0.3, 0.4) is 0 Å². The van der Waals surface area contributed by atoms with Gasteiger partial charge in [0.1, 0.15) is 5.76 Å². The molecule has 1 atom stereocenters. The molecule has 0 fully saturated rings. The zero-order chi connectivity index (χ0) is 15.1. The van der Waals surface area contributed by atoms with Gasteiger partial charge in [-0.3, -0.25) is 10.1 Å². The lowest BCUT2D eigenvalue weighted by Crippen LogP contribution is -2.45. The molecule has 7 nitrogen and oxygen atoms in total. The number of nitrogens with one attached hydrogen (secondary N) is 1. The number of rotatable bonds is 5. The standard InChI is InChI=1S/C13H16N2O5/c1-8(2)11(12(17)15-13(14)18)20-10(16)6-5-9-4-3-7-19-9/h3-8,11H,1-2H3,(H3,14,15,17,18)/b6-5+/t11-/m1/s1. The normalized spacial score (nSPS) is 12.3. The van der Waals surface area contributed by atoms with E-state index in [0.717, 1.165) is 6.08 Å². The highest BCUT2D eigenvalue weighted by atomic mass is 16.5. The van der Waals surface area contributed by atoms with Crippen molar-refractivity contribution in [3.05, 3.63) is 30.2 Å². The van der Waals surface area contributed by atoms with E-state index in [-0.39, 0.29) is 5.92 Å². The van der Waals surface area contributed by atoms with Crippen molar-refractivity contribution in [1.82, 2.24) is 5.32 Å². The van der Waals surface area contributed by atoms with E-state index in [4.69, 9.17) is 14.9 Å². The first-order valence-electron chi connectivity index (χ1n) is 5.92. The molecule has 3 N–H and O–H groups in total. The Hall–Kier alpha value is -2.57. The van der Waals surface area contributed by atoms with Gasteiger partial charge in [-0.15, -0.1) is 0 Å². The Morgan fingerprint density at radius 3 is 2.60 bits per heavy atom. The van der Waals surface area contributed by atoms with Gasteiger partial charge in [0.2, 0.25) is 0 Å². The molecule has 1 aromatic rings. The van der Waals surface area contributed by atoms with Gasteiger partial charge >= 0.3 is 12.0 Å². The van der Waals surface area contributed by atoms with E-state index in [2.05, 4.69) is 0 Å². The van der Waals surface area contributed by atoms with E-state index >= 15 is 0 Å². The highest BCUT2D eigenvalue weighted by Gasteiger charge is 2.26. The van der Waals surface area contributed by atoms with Crippen LogP contribution in [0.1, 0.15) is 19.6 Å². The van der Waals surface area contributed by atoms with Crippen molar-refractivity contribution in [2.75, 3.05) is 0 Å². The molecule has 20 heavy (non-hydrogen) atoms. The number of primary amides is 1. The third kappa shape index (κ3) is 4.97. The second kappa shape index (κ2) is 7.13. The van der Waals surface area contributed by atoms with Crippen molar-refractivity contribution in [1.29, 1.82) is 0 Å². The maximum absolute atomic E-state index is 11.6. The first-order valence-corrected chi connectivity index (χ1v) is 5.92. The molecule has 0 aliphatic heterocycles. The number of carbonyl (C=O) groups excluding carboxylic acids is 3. The van der Waals surface area contributed by atoms with Crippen LogP contribution in [0.2, 0.25) is 0 Å². The Labute approximate surface area is 115 Å². The number of furan rings is 1. The van der Waals surface area contributed by atoms with E-state index < -0.39 is 24.0 Å². The van der Waals surface area contributed by atoms with Crippen LogP contribution < -0.4 is 11.1 Å². The number of carbonyl (C=O) groups is 3. The molecule has 7 heteroatoms. The molecule has 0 bridgehead atoms. The molecule has 0 saturated carbocycles. The molecule has 1 rings (SSSR count). The van der Waals surface area contributed by atoms with E-state index in [1.54, 1.807) is 26.0 Å². The summed E-state index contributed by atoms with van der Waals surface area (Å²) in [5.41, 5.74) is 4.85. The third-order valence-corrected chi connectivity index (χ3v) is 2.28. The van der Waals surface area contributed by atoms with Gasteiger partial charge in [0.05, 0.1) is 6.26 Å². The maximum Gasteiger partial charge on any atom is 0.331 e. The van der Waals surface area contributed by atoms with Crippen molar-refractivity contribution in [3.8, 4) is 0 Å². The fourth-order valence-electron chi connectivity index (χ4n) is 1.39. The summed E-state index contributed by atoms with van der Waals surface area (Å²) in [6.45, 7) is 3.35. The van der Waals surface area contributed by atoms with Gasteiger partial charge < -0.3 is 14.9 Å². The molecular weight excluding hydrogens is 264 g/mol. The molecule has 0 saturated heterocycles. The Balaban J connectivity index is 2.63. The average Bonchev–Trinajstić information content (AvgIpc) is 2.85. The Bertz CT molecular complexity index is 505. The molecule has 108 valence electrons. The van der Waals surface area contributed by atoms with Crippen molar-refractivity contribution in [2.24, 2.45) is 11.7 Å². The smallest absolute Gasteiger partial charge is 0.331 e. The van der Waals surface area contributed by atoms with Crippen LogP contribution in [-0.2, 0) is 14.3 Å². The van der Waals surface area contributed by atoms with Crippen LogP contribution in [-0.4, -0.2) is 24.0 Å². The molecule has 0 aliphatic rings. The Morgan fingerprint density at radius 2 is 2.10 bits per heavy atom. The van der Waals surface area contributed by atoms with E-state index in [1.807, 2.05) is 5.32 Å². The number of hydrogen-bond acceptors (Lipinski definition) is 5. The average molecular weight is 280 g/mol. The van der Waals surface area contributed by atoms with Crippen molar-refractivity contribution in [2.45, 2.75) is 20.0 Å². The van der Waals surface area contributed by atoms with Crippen LogP contribution in [0.4, 0.5) is 4.79 Å². The van der Waals surface area contributed by atoms with Gasteiger partial charge in [-0.1, -0.05) is 13.8 Å².